The zero-order chi connectivity index (χ0) is 30.4. The summed E-state index contributed by atoms with van der Waals surface area (Å²) >= 11 is 6.07. The predicted molar refractivity (Wildman–Crippen MR) is 172 cm³/mol. The number of nitrogens with zero attached hydrogens (tertiary/aromatic N) is 5. The minimum atomic E-state index is -0.576. The van der Waals surface area contributed by atoms with Crippen LogP contribution in [0.25, 0.3) is 10.8 Å². The molecule has 8 nitrogen and oxygen atoms in total. The number of rotatable bonds is 7. The molecule has 0 spiro atoms. The van der Waals surface area contributed by atoms with Crippen LogP contribution in [0, 0.1) is 0 Å². The molecule has 1 atom stereocenters. The third-order valence-electron chi connectivity index (χ3n) is 6.90. The van der Waals surface area contributed by atoms with Gasteiger partial charge in [-0.15, -0.1) is 0 Å². The first-order valence-electron chi connectivity index (χ1n) is 14.1. The number of aliphatic hydroxyl groups is 1. The van der Waals surface area contributed by atoms with Gasteiger partial charge in [-0.2, -0.15) is 0 Å². The van der Waals surface area contributed by atoms with Crippen LogP contribution in [0.15, 0.2) is 75.1 Å². The summed E-state index contributed by atoms with van der Waals surface area (Å²) in [6, 6.07) is 10.1. The highest BCUT2D eigenvalue weighted by Gasteiger charge is 2.24. The lowest BCUT2D eigenvalue weighted by Gasteiger charge is -2.31. The maximum atomic E-state index is 15.7. The van der Waals surface area contributed by atoms with Crippen molar-refractivity contribution in [3.05, 3.63) is 70.8 Å². The summed E-state index contributed by atoms with van der Waals surface area (Å²) in [5.74, 6) is 0.0970. The Morgan fingerprint density at radius 1 is 1.27 bits per heavy atom. The Kier molecular flexibility index (Phi) is 14.7. The quantitative estimate of drug-likeness (QED) is 0.231. The number of anilines is 1. The van der Waals surface area contributed by atoms with Crippen molar-refractivity contribution in [1.29, 1.82) is 0 Å². The van der Waals surface area contributed by atoms with Gasteiger partial charge in [0.2, 0.25) is 0 Å². The number of allylic oxidation sites excluding steroid dienone is 3. The van der Waals surface area contributed by atoms with Crippen LogP contribution in [0.4, 0.5) is 10.2 Å². The van der Waals surface area contributed by atoms with Gasteiger partial charge in [0.25, 0.3) is 0 Å². The number of nitrogens with two attached hydrogens (primary N) is 1. The summed E-state index contributed by atoms with van der Waals surface area (Å²) in [7, 11) is 2.19. The van der Waals surface area contributed by atoms with E-state index in [9.17, 15) is 5.11 Å². The Morgan fingerprint density at radius 2 is 1.95 bits per heavy atom. The second-order valence-electron chi connectivity index (χ2n) is 9.64. The average molecular weight is 586 g/mol. The van der Waals surface area contributed by atoms with Crippen molar-refractivity contribution in [3.8, 4) is 0 Å². The van der Waals surface area contributed by atoms with E-state index in [1.165, 1.54) is 25.5 Å². The summed E-state index contributed by atoms with van der Waals surface area (Å²) < 4.78 is 15.7. The van der Waals surface area contributed by atoms with E-state index in [1.54, 1.807) is 6.07 Å². The topological polar surface area (TPSA) is 102 Å². The monoisotopic (exact) mass is 585 g/mol. The zero-order valence-electron chi connectivity index (χ0n) is 24.8. The second-order valence-corrected chi connectivity index (χ2v) is 10.1. The molecule has 1 aromatic carbocycles. The first-order valence-corrected chi connectivity index (χ1v) is 14.5. The number of benzene rings is 1. The number of halogens is 2. The van der Waals surface area contributed by atoms with E-state index in [0.29, 0.717) is 36.0 Å². The van der Waals surface area contributed by atoms with Crippen LogP contribution in [0.2, 0.25) is 0 Å². The molecule has 0 bridgehead atoms. The lowest BCUT2D eigenvalue weighted by molar-refractivity contribution is 0.300. The molecular formula is C31H45ClFN7O. The van der Waals surface area contributed by atoms with Gasteiger partial charge in [0, 0.05) is 54.6 Å². The van der Waals surface area contributed by atoms with Crippen LogP contribution in [-0.4, -0.2) is 85.0 Å². The Hall–Kier alpha value is -3.11. The summed E-state index contributed by atoms with van der Waals surface area (Å²) in [4.78, 5) is 16.8. The SMILES string of the molecule is C=NC(=C(\F)Cc1nc(N)cc2ccccc12)/C(=C\C(=C)Cl)C(=N\CO)/N1CCNCC1.CC.C[C@@H]1CCCN1C. The fourth-order valence-electron chi connectivity index (χ4n) is 4.75. The predicted octanol–water partition coefficient (Wildman–Crippen LogP) is 5.30. The summed E-state index contributed by atoms with van der Waals surface area (Å²) in [6.45, 7) is 17.1. The number of nitrogen functional groups attached to an aromatic ring is 1. The van der Waals surface area contributed by atoms with E-state index in [-0.39, 0.29) is 17.2 Å². The van der Waals surface area contributed by atoms with E-state index in [1.807, 2.05) is 43.0 Å². The average Bonchev–Trinajstić information content (AvgIpc) is 3.35. The number of aliphatic imine (C=N–C) groups is 2. The van der Waals surface area contributed by atoms with Crippen molar-refractivity contribution in [2.24, 2.45) is 9.98 Å². The molecule has 2 aliphatic heterocycles. The molecule has 2 saturated heterocycles. The third kappa shape index (κ3) is 10.0. The summed E-state index contributed by atoms with van der Waals surface area (Å²) in [6.07, 6.45) is 4.13. The zero-order valence-corrected chi connectivity index (χ0v) is 25.6. The highest BCUT2D eigenvalue weighted by atomic mass is 35.5. The van der Waals surface area contributed by atoms with E-state index in [4.69, 9.17) is 17.3 Å². The Morgan fingerprint density at radius 3 is 2.49 bits per heavy atom. The van der Waals surface area contributed by atoms with E-state index in [2.05, 4.69) is 52.5 Å². The molecule has 0 aliphatic carbocycles. The fourth-order valence-corrected chi connectivity index (χ4v) is 4.86. The number of amidine groups is 1. The van der Waals surface area contributed by atoms with Gasteiger partial charge in [0.1, 0.15) is 29.9 Å². The van der Waals surface area contributed by atoms with Gasteiger partial charge in [0.15, 0.2) is 0 Å². The summed E-state index contributed by atoms with van der Waals surface area (Å²) in [5.41, 5.74) is 6.67. The molecule has 4 rings (SSSR count). The summed E-state index contributed by atoms with van der Waals surface area (Å²) in [5, 5.41) is 14.6. The van der Waals surface area contributed by atoms with Crippen LogP contribution in [0.3, 0.4) is 0 Å². The lowest BCUT2D eigenvalue weighted by atomic mass is 10.0. The standard InChI is InChI=1S/C23H26ClFN6O.C6H13N.C2H6/c1-15(24)11-18(23(29-14-32)31-9-7-28-8-10-31)22(27-2)19(25)13-20-17-6-4-3-5-16(17)12-21(26)30-20;1-6-4-3-5-7(6)2;1-2/h3-6,11-12,28,32H,1-2,7-10,13-14H2,(H2,26,30);6H,3-5H2,1-2H3;1-2H3/b18-11+,22-19-,29-23+;;/t;6-;/m.1./s1. The van der Waals surface area contributed by atoms with Crippen LogP contribution in [0.1, 0.15) is 39.3 Å². The molecule has 41 heavy (non-hydrogen) atoms. The van der Waals surface area contributed by atoms with Crippen LogP contribution >= 0.6 is 11.6 Å². The molecule has 2 aromatic rings. The van der Waals surface area contributed by atoms with Crippen molar-refractivity contribution in [2.45, 2.75) is 46.1 Å². The molecule has 0 unspecified atom stereocenters. The number of nitrogens with one attached hydrogen (secondary N) is 1. The minimum absolute atomic E-state index is 0.0363. The first-order chi connectivity index (χ1) is 19.7. The van der Waals surface area contributed by atoms with Crippen molar-refractivity contribution >= 4 is 40.7 Å². The van der Waals surface area contributed by atoms with Gasteiger partial charge in [-0.05, 0) is 57.6 Å². The number of fused-ring (bicyclic) bond motifs is 1. The molecule has 10 heteroatoms. The minimum Gasteiger partial charge on any atom is -0.384 e. The van der Waals surface area contributed by atoms with Crippen molar-refractivity contribution in [2.75, 3.05) is 52.2 Å². The normalized spacial score (nSPS) is 18.6. The molecule has 2 fully saturated rings. The molecule has 1 aromatic heterocycles. The molecule has 224 valence electrons. The fraction of sp³-hybridized carbons (Fsp3) is 0.452. The molecular weight excluding hydrogens is 541 g/mol. The second kappa shape index (κ2) is 17.6. The molecule has 3 heterocycles. The highest BCUT2D eigenvalue weighted by Crippen LogP contribution is 2.28. The van der Waals surface area contributed by atoms with Gasteiger partial charge in [-0.3, -0.25) is 4.99 Å². The third-order valence-corrected chi connectivity index (χ3v) is 7.01. The van der Waals surface area contributed by atoms with E-state index < -0.39 is 12.6 Å². The molecule has 0 saturated carbocycles. The van der Waals surface area contributed by atoms with Gasteiger partial charge in [0.05, 0.1) is 5.69 Å². The maximum absolute atomic E-state index is 15.7. The van der Waals surface area contributed by atoms with E-state index in [0.717, 1.165) is 29.9 Å². The Labute approximate surface area is 249 Å². The maximum Gasteiger partial charge on any atom is 0.136 e. The molecule has 0 radical (unpaired) electrons. The number of pyridine rings is 1. The molecule has 4 N–H and O–H groups in total. The first kappa shape index (κ1) is 34.1. The van der Waals surface area contributed by atoms with Gasteiger partial charge < -0.3 is 26.0 Å². The number of likely N-dealkylation sites (tertiary alicyclic amines) is 1. The highest BCUT2D eigenvalue weighted by molar-refractivity contribution is 6.31. The van der Waals surface area contributed by atoms with E-state index >= 15 is 4.39 Å². The number of aliphatic hydroxyl groups excluding tert-OH is 1. The van der Waals surface area contributed by atoms with Gasteiger partial charge >= 0.3 is 0 Å². The number of piperazine rings is 1. The van der Waals surface area contributed by atoms with Crippen LogP contribution < -0.4 is 11.1 Å². The van der Waals surface area contributed by atoms with Gasteiger partial charge in [-0.25, -0.2) is 14.4 Å². The van der Waals surface area contributed by atoms with Crippen molar-refractivity contribution in [3.63, 3.8) is 0 Å². The van der Waals surface area contributed by atoms with Crippen LogP contribution in [-0.2, 0) is 6.42 Å². The smallest absolute Gasteiger partial charge is 0.136 e. The lowest BCUT2D eigenvalue weighted by Crippen LogP contribution is -2.47. The Balaban J connectivity index is 0.000000561. The van der Waals surface area contributed by atoms with Gasteiger partial charge in [-0.1, -0.05) is 56.3 Å². The number of aromatic nitrogens is 1. The largest absolute Gasteiger partial charge is 0.384 e. The Bertz CT molecular complexity index is 1250. The van der Waals surface area contributed by atoms with Crippen molar-refractivity contribution in [1.82, 2.24) is 20.1 Å². The molecule has 2 aliphatic rings. The number of hydrogen-bond acceptors (Lipinski definition) is 7. The molecule has 0 amide bonds. The number of hydrogen-bond donors (Lipinski definition) is 3. The van der Waals surface area contributed by atoms with Crippen LogP contribution in [0.5, 0.6) is 0 Å². The van der Waals surface area contributed by atoms with Crippen molar-refractivity contribution < 1.29 is 9.50 Å².